The third-order valence-corrected chi connectivity index (χ3v) is 13.4. The zero-order chi connectivity index (χ0) is 31.4. The molecule has 0 saturated heterocycles. The van der Waals surface area contributed by atoms with E-state index in [1.54, 1.807) is 0 Å². The Kier molecular flexibility index (Phi) is 19.0. The zero-order valence-electron chi connectivity index (χ0n) is 30.5. The highest BCUT2D eigenvalue weighted by Gasteiger charge is 2.31. The first-order valence-electron chi connectivity index (χ1n) is 21.2. The minimum absolute atomic E-state index is 0.793. The highest BCUT2D eigenvalue weighted by molar-refractivity contribution is 4.95. The molecule has 1 heteroatoms. The van der Waals surface area contributed by atoms with Crippen molar-refractivity contribution in [3.63, 3.8) is 0 Å². The van der Waals surface area contributed by atoms with E-state index in [1.165, 1.54) is 180 Å². The van der Waals surface area contributed by atoms with Crippen molar-refractivity contribution < 1.29 is 4.74 Å². The SMILES string of the molecule is CCCCCCC[C@H]1CC[C@H](C2CCC(/C=C/COC/C=C/C3CCC([C@H]4CC[C@H](CCCCCCC)CC4)CC3)CC2)CC1. The summed E-state index contributed by atoms with van der Waals surface area (Å²) in [6, 6.07) is 0. The van der Waals surface area contributed by atoms with Crippen LogP contribution in [0.5, 0.6) is 0 Å². The van der Waals surface area contributed by atoms with Crippen LogP contribution < -0.4 is 0 Å². The van der Waals surface area contributed by atoms with Gasteiger partial charge in [0.25, 0.3) is 0 Å². The summed E-state index contributed by atoms with van der Waals surface area (Å²) >= 11 is 0. The van der Waals surface area contributed by atoms with Crippen molar-refractivity contribution in [3.05, 3.63) is 24.3 Å². The first-order chi connectivity index (χ1) is 22.2. The van der Waals surface area contributed by atoms with E-state index in [0.717, 1.165) is 60.6 Å². The Morgan fingerprint density at radius 2 is 0.733 bits per heavy atom. The largest absolute Gasteiger partial charge is 0.373 e. The minimum Gasteiger partial charge on any atom is -0.373 e. The molecule has 0 aromatic rings. The lowest BCUT2D eigenvalue weighted by Gasteiger charge is -2.37. The molecule has 4 aliphatic rings. The lowest BCUT2D eigenvalue weighted by atomic mass is 9.68. The van der Waals surface area contributed by atoms with Crippen LogP contribution in [0.15, 0.2) is 24.3 Å². The molecule has 0 N–H and O–H groups in total. The molecular formula is C44H78O. The van der Waals surface area contributed by atoms with Crippen molar-refractivity contribution in [3.8, 4) is 0 Å². The summed E-state index contributed by atoms with van der Waals surface area (Å²) < 4.78 is 5.99. The molecule has 0 heterocycles. The molecule has 260 valence electrons. The molecule has 0 aliphatic heterocycles. The number of rotatable bonds is 20. The number of hydrogen-bond acceptors (Lipinski definition) is 1. The fraction of sp³-hybridized carbons (Fsp3) is 0.909. The van der Waals surface area contributed by atoms with Crippen molar-refractivity contribution in [2.75, 3.05) is 13.2 Å². The van der Waals surface area contributed by atoms with Crippen molar-refractivity contribution in [1.29, 1.82) is 0 Å². The molecule has 4 rings (SSSR count). The zero-order valence-corrected chi connectivity index (χ0v) is 30.5. The molecule has 0 aromatic carbocycles. The van der Waals surface area contributed by atoms with Gasteiger partial charge in [-0.1, -0.05) is 141 Å². The van der Waals surface area contributed by atoms with E-state index in [0.29, 0.717) is 0 Å². The van der Waals surface area contributed by atoms with E-state index in [1.807, 2.05) is 0 Å². The van der Waals surface area contributed by atoms with Crippen LogP contribution in [0.4, 0.5) is 0 Å². The summed E-state index contributed by atoms with van der Waals surface area (Å²) in [5.41, 5.74) is 0. The molecule has 4 saturated carbocycles. The maximum atomic E-state index is 5.99. The van der Waals surface area contributed by atoms with Crippen LogP contribution in [0.25, 0.3) is 0 Å². The second-order valence-corrected chi connectivity index (χ2v) is 16.7. The number of unbranched alkanes of at least 4 members (excludes halogenated alkanes) is 8. The second-order valence-electron chi connectivity index (χ2n) is 16.7. The van der Waals surface area contributed by atoms with Crippen molar-refractivity contribution in [2.24, 2.45) is 47.3 Å². The Morgan fingerprint density at radius 3 is 1.09 bits per heavy atom. The van der Waals surface area contributed by atoms with Gasteiger partial charge in [-0.25, -0.2) is 0 Å². The van der Waals surface area contributed by atoms with E-state index >= 15 is 0 Å². The summed E-state index contributed by atoms with van der Waals surface area (Å²) in [5.74, 6) is 7.88. The lowest BCUT2D eigenvalue weighted by Crippen LogP contribution is -2.25. The standard InChI is InChI=1S/C44H78O/c1-3-5-7-9-11-15-37-19-27-41(28-20-37)43-31-23-39(24-32-43)17-13-35-45-36-14-18-40-25-33-44(34-26-40)42-29-21-38(22-30-42)16-12-10-8-6-4-2/h13-14,17-18,37-44H,3-12,15-16,19-36H2,1-2H3/b17-13+,18-14+/t37-,38-,39?,40?,41-,42-,43?,44?. The van der Waals surface area contributed by atoms with Crippen LogP contribution in [0, 0.1) is 47.3 Å². The smallest absolute Gasteiger partial charge is 0.0651 e. The summed E-state index contributed by atoms with van der Waals surface area (Å²) in [4.78, 5) is 0. The third-order valence-electron chi connectivity index (χ3n) is 13.4. The van der Waals surface area contributed by atoms with Gasteiger partial charge in [0.2, 0.25) is 0 Å². The van der Waals surface area contributed by atoms with Gasteiger partial charge in [0.1, 0.15) is 0 Å². The van der Waals surface area contributed by atoms with Crippen LogP contribution >= 0.6 is 0 Å². The molecule has 0 amide bonds. The van der Waals surface area contributed by atoms with E-state index in [2.05, 4.69) is 38.2 Å². The van der Waals surface area contributed by atoms with E-state index < -0.39 is 0 Å². The molecule has 1 nitrogen and oxygen atoms in total. The number of hydrogen-bond donors (Lipinski definition) is 0. The molecule has 4 fully saturated rings. The minimum atomic E-state index is 0.793. The van der Waals surface area contributed by atoms with E-state index in [4.69, 9.17) is 4.74 Å². The van der Waals surface area contributed by atoms with E-state index in [-0.39, 0.29) is 0 Å². The molecule has 0 aromatic heterocycles. The van der Waals surface area contributed by atoms with Gasteiger partial charge in [-0.3, -0.25) is 0 Å². The fourth-order valence-electron chi connectivity index (χ4n) is 10.3. The average molecular weight is 623 g/mol. The molecule has 0 radical (unpaired) electrons. The molecule has 4 aliphatic carbocycles. The number of allylic oxidation sites excluding steroid dienone is 2. The molecule has 0 bridgehead atoms. The molecular weight excluding hydrogens is 544 g/mol. The third kappa shape index (κ3) is 14.6. The van der Waals surface area contributed by atoms with Gasteiger partial charge in [0.15, 0.2) is 0 Å². The van der Waals surface area contributed by atoms with Crippen LogP contribution in [-0.4, -0.2) is 13.2 Å². The Hall–Kier alpha value is -0.560. The summed E-state index contributed by atoms with van der Waals surface area (Å²) in [5, 5.41) is 0. The fourth-order valence-corrected chi connectivity index (χ4v) is 10.3. The highest BCUT2D eigenvalue weighted by atomic mass is 16.5. The summed E-state index contributed by atoms with van der Waals surface area (Å²) in [7, 11) is 0. The maximum Gasteiger partial charge on any atom is 0.0651 e. The Labute approximate surface area is 282 Å². The predicted octanol–water partition coefficient (Wildman–Crippen LogP) is 14.1. The van der Waals surface area contributed by atoms with Crippen molar-refractivity contribution >= 4 is 0 Å². The van der Waals surface area contributed by atoms with Gasteiger partial charge < -0.3 is 4.74 Å². The Morgan fingerprint density at radius 1 is 0.400 bits per heavy atom. The first-order valence-corrected chi connectivity index (χ1v) is 21.2. The summed E-state index contributed by atoms with van der Waals surface area (Å²) in [6.07, 6.45) is 51.1. The second kappa shape index (κ2) is 22.9. The monoisotopic (exact) mass is 623 g/mol. The number of ether oxygens (including phenoxy) is 1. The van der Waals surface area contributed by atoms with Crippen LogP contribution in [0.3, 0.4) is 0 Å². The van der Waals surface area contributed by atoms with Gasteiger partial charge in [0.05, 0.1) is 13.2 Å². The van der Waals surface area contributed by atoms with Crippen LogP contribution in [0.1, 0.15) is 194 Å². The summed E-state index contributed by atoms with van der Waals surface area (Å²) in [6.45, 7) is 6.23. The van der Waals surface area contributed by atoms with Gasteiger partial charge in [-0.2, -0.15) is 0 Å². The van der Waals surface area contributed by atoms with Crippen LogP contribution in [0.2, 0.25) is 0 Å². The first kappa shape index (κ1) is 37.3. The van der Waals surface area contributed by atoms with Gasteiger partial charge in [-0.05, 0) is 124 Å². The van der Waals surface area contributed by atoms with Crippen molar-refractivity contribution in [2.45, 2.75) is 194 Å². The van der Waals surface area contributed by atoms with Gasteiger partial charge in [0, 0.05) is 0 Å². The highest BCUT2D eigenvalue weighted by Crippen LogP contribution is 2.44. The van der Waals surface area contributed by atoms with Gasteiger partial charge in [-0.15, -0.1) is 0 Å². The normalized spacial score (nSPS) is 33.3. The predicted molar refractivity (Wildman–Crippen MR) is 198 cm³/mol. The molecule has 0 spiro atoms. The maximum absolute atomic E-state index is 5.99. The molecule has 0 unspecified atom stereocenters. The van der Waals surface area contributed by atoms with E-state index in [9.17, 15) is 0 Å². The Balaban J connectivity index is 0.964. The average Bonchev–Trinajstić information content (AvgIpc) is 3.09. The van der Waals surface area contributed by atoms with Gasteiger partial charge >= 0.3 is 0 Å². The topological polar surface area (TPSA) is 9.23 Å². The molecule has 45 heavy (non-hydrogen) atoms. The quantitative estimate of drug-likeness (QED) is 0.0969. The molecule has 0 atom stereocenters. The van der Waals surface area contributed by atoms with Crippen molar-refractivity contribution in [1.82, 2.24) is 0 Å². The Bertz CT molecular complexity index is 686. The lowest BCUT2D eigenvalue weighted by molar-refractivity contribution is 0.150. The van der Waals surface area contributed by atoms with Crippen LogP contribution in [-0.2, 0) is 4.74 Å².